The van der Waals surface area contributed by atoms with Crippen LogP contribution in [0.3, 0.4) is 0 Å². The average molecular weight is 367 g/mol. The van der Waals surface area contributed by atoms with Crippen molar-refractivity contribution in [2.45, 2.75) is 44.7 Å². The lowest BCUT2D eigenvalue weighted by Crippen LogP contribution is -2.22. The Bertz CT molecular complexity index is 935. The smallest absolute Gasteiger partial charge is 0.323 e. The van der Waals surface area contributed by atoms with Gasteiger partial charge in [-0.3, -0.25) is 10.1 Å². The topological polar surface area (TPSA) is 106 Å². The van der Waals surface area contributed by atoms with Gasteiger partial charge in [0.05, 0.1) is 10.6 Å². The molecule has 1 aliphatic carbocycles. The Hall–Kier alpha value is -3.16. The number of anilines is 2. The van der Waals surface area contributed by atoms with Crippen LogP contribution in [0.15, 0.2) is 41.0 Å². The molecule has 1 heterocycles. The average Bonchev–Trinajstić information content (AvgIpc) is 3.17. The van der Waals surface area contributed by atoms with E-state index in [-0.39, 0.29) is 11.2 Å². The number of hydrogen-bond donors (Lipinski definition) is 2. The summed E-state index contributed by atoms with van der Waals surface area (Å²) in [5.74, 6) is 0. The second-order valence-electron chi connectivity index (χ2n) is 6.86. The number of benzene rings is 2. The molecule has 0 atom stereocenters. The van der Waals surface area contributed by atoms with Crippen LogP contribution in [0.5, 0.6) is 0 Å². The van der Waals surface area contributed by atoms with Crippen molar-refractivity contribution >= 4 is 28.1 Å². The fourth-order valence-corrected chi connectivity index (χ4v) is 3.62. The molecule has 1 saturated carbocycles. The van der Waals surface area contributed by atoms with E-state index in [1.807, 2.05) is 30.3 Å². The van der Waals surface area contributed by atoms with Gasteiger partial charge in [0.15, 0.2) is 5.52 Å². The molecule has 0 bridgehead atoms. The highest BCUT2D eigenvalue weighted by Crippen LogP contribution is 2.38. The molecule has 8 nitrogen and oxygen atoms in total. The number of hydrogen-bond acceptors (Lipinski definition) is 7. The normalized spacial score (nSPS) is 15.0. The SMILES string of the molecule is O=[N+]([O-])c1c(NCc2ccccc2)cc(NC2CCCCC2)c2nonc12. The first-order chi connectivity index (χ1) is 13.2. The van der Waals surface area contributed by atoms with E-state index in [1.165, 1.54) is 19.3 Å². The molecule has 0 radical (unpaired) electrons. The van der Waals surface area contributed by atoms with E-state index < -0.39 is 4.92 Å². The molecule has 27 heavy (non-hydrogen) atoms. The van der Waals surface area contributed by atoms with Crippen LogP contribution in [-0.4, -0.2) is 21.3 Å². The highest BCUT2D eigenvalue weighted by Gasteiger charge is 2.27. The number of nitro groups is 1. The van der Waals surface area contributed by atoms with Gasteiger partial charge in [0.2, 0.25) is 5.52 Å². The molecule has 1 aliphatic rings. The summed E-state index contributed by atoms with van der Waals surface area (Å²) in [5.41, 5.74) is 2.61. The van der Waals surface area contributed by atoms with E-state index in [9.17, 15) is 10.1 Å². The minimum atomic E-state index is -0.440. The predicted octanol–water partition coefficient (Wildman–Crippen LogP) is 4.49. The maximum Gasteiger partial charge on any atom is 0.323 e. The summed E-state index contributed by atoms with van der Waals surface area (Å²) in [5, 5.41) is 26.1. The van der Waals surface area contributed by atoms with Crippen molar-refractivity contribution in [1.82, 2.24) is 10.3 Å². The van der Waals surface area contributed by atoms with Gasteiger partial charge >= 0.3 is 5.69 Å². The molecule has 2 N–H and O–H groups in total. The van der Waals surface area contributed by atoms with Crippen LogP contribution < -0.4 is 10.6 Å². The zero-order valence-corrected chi connectivity index (χ0v) is 14.9. The number of rotatable bonds is 6. The number of aromatic nitrogens is 2. The monoisotopic (exact) mass is 367 g/mol. The fourth-order valence-electron chi connectivity index (χ4n) is 3.62. The van der Waals surface area contributed by atoms with Gasteiger partial charge in [-0.05, 0) is 34.8 Å². The highest BCUT2D eigenvalue weighted by molar-refractivity contribution is 5.99. The maximum absolute atomic E-state index is 11.7. The Morgan fingerprint density at radius 3 is 2.56 bits per heavy atom. The van der Waals surface area contributed by atoms with Gasteiger partial charge in [-0.25, -0.2) is 4.63 Å². The minimum absolute atomic E-state index is 0.114. The highest BCUT2D eigenvalue weighted by atomic mass is 16.6. The second kappa shape index (κ2) is 7.61. The van der Waals surface area contributed by atoms with Crippen LogP contribution in [0.1, 0.15) is 37.7 Å². The summed E-state index contributed by atoms with van der Waals surface area (Å²) in [4.78, 5) is 11.2. The third-order valence-corrected chi connectivity index (χ3v) is 4.98. The summed E-state index contributed by atoms with van der Waals surface area (Å²) in [6.45, 7) is 0.474. The van der Waals surface area contributed by atoms with Crippen LogP contribution in [0.25, 0.3) is 11.0 Å². The van der Waals surface area contributed by atoms with Gasteiger partial charge in [-0.1, -0.05) is 49.6 Å². The first-order valence-electron chi connectivity index (χ1n) is 9.20. The molecule has 0 saturated heterocycles. The van der Waals surface area contributed by atoms with Gasteiger partial charge in [-0.15, -0.1) is 0 Å². The van der Waals surface area contributed by atoms with Gasteiger partial charge < -0.3 is 10.6 Å². The first-order valence-corrected chi connectivity index (χ1v) is 9.20. The second-order valence-corrected chi connectivity index (χ2v) is 6.86. The molecular formula is C19H21N5O3. The lowest BCUT2D eigenvalue weighted by atomic mass is 9.95. The molecule has 0 unspecified atom stereocenters. The van der Waals surface area contributed by atoms with E-state index in [0.717, 1.165) is 24.1 Å². The molecule has 0 aliphatic heterocycles. The molecule has 8 heteroatoms. The van der Waals surface area contributed by atoms with Crippen LogP contribution in [0.4, 0.5) is 17.1 Å². The third kappa shape index (κ3) is 3.69. The molecular weight excluding hydrogens is 346 g/mol. The summed E-state index contributed by atoms with van der Waals surface area (Å²) in [7, 11) is 0. The minimum Gasteiger partial charge on any atom is -0.380 e. The van der Waals surface area contributed by atoms with Crippen molar-refractivity contribution in [2.24, 2.45) is 0 Å². The van der Waals surface area contributed by atoms with Crippen molar-refractivity contribution < 1.29 is 9.55 Å². The van der Waals surface area contributed by atoms with Crippen molar-refractivity contribution in [3.05, 3.63) is 52.1 Å². The van der Waals surface area contributed by atoms with E-state index >= 15 is 0 Å². The third-order valence-electron chi connectivity index (χ3n) is 4.98. The van der Waals surface area contributed by atoms with E-state index in [4.69, 9.17) is 4.63 Å². The van der Waals surface area contributed by atoms with Gasteiger partial charge in [-0.2, -0.15) is 0 Å². The van der Waals surface area contributed by atoms with Crippen LogP contribution >= 0.6 is 0 Å². The first kappa shape index (κ1) is 17.3. The lowest BCUT2D eigenvalue weighted by Gasteiger charge is -2.24. The number of nitrogens with one attached hydrogen (secondary N) is 2. The maximum atomic E-state index is 11.7. The number of fused-ring (bicyclic) bond motifs is 1. The molecule has 2 aromatic carbocycles. The van der Waals surface area contributed by atoms with Crippen molar-refractivity contribution in [3.63, 3.8) is 0 Å². The van der Waals surface area contributed by atoms with Gasteiger partial charge in [0, 0.05) is 12.6 Å². The summed E-state index contributed by atoms with van der Waals surface area (Å²) in [6.07, 6.45) is 5.78. The van der Waals surface area contributed by atoms with Crippen molar-refractivity contribution in [1.29, 1.82) is 0 Å². The zero-order chi connectivity index (χ0) is 18.6. The summed E-state index contributed by atoms with van der Waals surface area (Å²) in [6, 6.07) is 11.8. The van der Waals surface area contributed by atoms with Crippen molar-refractivity contribution in [2.75, 3.05) is 10.6 Å². The van der Waals surface area contributed by atoms with Crippen LogP contribution in [0, 0.1) is 10.1 Å². The van der Waals surface area contributed by atoms with Crippen molar-refractivity contribution in [3.8, 4) is 0 Å². The Kier molecular flexibility index (Phi) is 4.86. The summed E-state index contributed by atoms with van der Waals surface area (Å²) >= 11 is 0. The van der Waals surface area contributed by atoms with E-state index in [1.54, 1.807) is 6.07 Å². The Morgan fingerprint density at radius 2 is 1.81 bits per heavy atom. The Labute approximate surface area is 156 Å². The quantitative estimate of drug-likeness (QED) is 0.488. The Balaban J connectivity index is 1.69. The Morgan fingerprint density at radius 1 is 1.07 bits per heavy atom. The standard InChI is InChI=1S/C19H21N5O3/c25-24(26)19-16(20-12-13-7-3-1-4-8-13)11-15(17-18(19)23-27-22-17)21-14-9-5-2-6-10-14/h1,3-4,7-8,11,14,20-21H,2,5-6,9-10,12H2. The number of nitro benzene ring substituents is 1. The molecule has 140 valence electrons. The molecule has 1 aromatic heterocycles. The van der Waals surface area contributed by atoms with E-state index in [0.29, 0.717) is 23.8 Å². The van der Waals surface area contributed by atoms with Gasteiger partial charge in [0.1, 0.15) is 5.69 Å². The number of nitrogens with zero attached hydrogens (tertiary/aromatic N) is 3. The molecule has 4 rings (SSSR count). The predicted molar refractivity (Wildman–Crippen MR) is 103 cm³/mol. The van der Waals surface area contributed by atoms with Crippen LogP contribution in [0.2, 0.25) is 0 Å². The fraction of sp³-hybridized carbons (Fsp3) is 0.368. The lowest BCUT2D eigenvalue weighted by molar-refractivity contribution is -0.382. The molecule has 0 amide bonds. The van der Waals surface area contributed by atoms with Gasteiger partial charge in [0.25, 0.3) is 0 Å². The molecule has 1 fully saturated rings. The summed E-state index contributed by atoms with van der Waals surface area (Å²) < 4.78 is 4.83. The molecule has 0 spiro atoms. The zero-order valence-electron chi connectivity index (χ0n) is 14.9. The largest absolute Gasteiger partial charge is 0.380 e. The van der Waals surface area contributed by atoms with Crippen LogP contribution in [-0.2, 0) is 6.54 Å². The van der Waals surface area contributed by atoms with E-state index in [2.05, 4.69) is 20.9 Å². The molecule has 3 aromatic rings.